The van der Waals surface area contributed by atoms with Crippen molar-refractivity contribution in [3.05, 3.63) is 65.2 Å². The number of aliphatic carboxylic acids is 1. The van der Waals surface area contributed by atoms with E-state index in [-0.39, 0.29) is 5.91 Å². The molecule has 25 heavy (non-hydrogen) atoms. The molecule has 2 atom stereocenters. The number of carbonyl (C=O) groups is 2. The van der Waals surface area contributed by atoms with E-state index in [9.17, 15) is 14.7 Å². The topological polar surface area (TPSA) is 66.8 Å². The molecule has 130 valence electrons. The Morgan fingerprint density at radius 1 is 1.16 bits per heavy atom. The van der Waals surface area contributed by atoms with Crippen LogP contribution in [0.5, 0.6) is 5.75 Å². The molecule has 2 aromatic carbocycles. The predicted molar refractivity (Wildman–Crippen MR) is 94.0 cm³/mol. The lowest BCUT2D eigenvalue weighted by Crippen LogP contribution is -2.49. The van der Waals surface area contributed by atoms with Gasteiger partial charge in [0.15, 0.2) is 0 Å². The van der Waals surface area contributed by atoms with Gasteiger partial charge in [-0.05, 0) is 42.7 Å². The highest BCUT2D eigenvalue weighted by Gasteiger charge is 2.40. The van der Waals surface area contributed by atoms with E-state index in [0.29, 0.717) is 24.1 Å². The number of hydrogen-bond donors (Lipinski definition) is 1. The molecule has 0 fully saturated rings. The monoisotopic (exact) mass is 339 g/mol. The van der Waals surface area contributed by atoms with Crippen molar-refractivity contribution in [2.24, 2.45) is 0 Å². The van der Waals surface area contributed by atoms with Crippen LogP contribution in [0.3, 0.4) is 0 Å². The SMILES string of the molecule is COc1ccc(CCN2C(=O)c3ccccc3C(C(=O)O)C2C)cc1. The van der Waals surface area contributed by atoms with Gasteiger partial charge in [-0.1, -0.05) is 30.3 Å². The zero-order valence-electron chi connectivity index (χ0n) is 14.3. The van der Waals surface area contributed by atoms with E-state index < -0.39 is 17.9 Å². The summed E-state index contributed by atoms with van der Waals surface area (Å²) in [7, 11) is 1.62. The van der Waals surface area contributed by atoms with Crippen molar-refractivity contribution in [1.82, 2.24) is 4.90 Å². The number of hydrogen-bond acceptors (Lipinski definition) is 3. The second-order valence-corrected chi connectivity index (χ2v) is 6.24. The molecule has 0 aliphatic carbocycles. The molecule has 1 amide bonds. The molecular formula is C20H21NO4. The third-order valence-corrected chi connectivity index (χ3v) is 4.83. The van der Waals surface area contributed by atoms with E-state index in [1.165, 1.54) is 0 Å². The molecule has 1 N–H and O–H groups in total. The van der Waals surface area contributed by atoms with Gasteiger partial charge in [0.05, 0.1) is 7.11 Å². The first kappa shape index (κ1) is 17.0. The Morgan fingerprint density at radius 3 is 2.48 bits per heavy atom. The number of carbonyl (C=O) groups excluding carboxylic acids is 1. The lowest BCUT2D eigenvalue weighted by Gasteiger charge is -2.38. The molecule has 0 saturated carbocycles. The number of fused-ring (bicyclic) bond motifs is 1. The number of methoxy groups -OCH3 is 1. The number of carboxylic acid groups (broad SMARTS) is 1. The maximum atomic E-state index is 12.8. The highest BCUT2D eigenvalue weighted by molar-refractivity contribution is 6.00. The first-order valence-corrected chi connectivity index (χ1v) is 8.28. The molecule has 0 saturated heterocycles. The maximum Gasteiger partial charge on any atom is 0.313 e. The summed E-state index contributed by atoms with van der Waals surface area (Å²) in [6, 6.07) is 14.3. The molecule has 0 bridgehead atoms. The molecule has 1 aliphatic rings. The van der Waals surface area contributed by atoms with Crippen LogP contribution in [-0.2, 0) is 11.2 Å². The average Bonchev–Trinajstić information content (AvgIpc) is 2.62. The molecule has 5 heteroatoms. The molecular weight excluding hydrogens is 318 g/mol. The second kappa shape index (κ2) is 6.97. The molecule has 0 spiro atoms. The van der Waals surface area contributed by atoms with Crippen molar-refractivity contribution < 1.29 is 19.4 Å². The number of carboxylic acids is 1. The molecule has 3 rings (SSSR count). The normalized spacial score (nSPS) is 19.4. The van der Waals surface area contributed by atoms with Gasteiger partial charge in [0.25, 0.3) is 5.91 Å². The van der Waals surface area contributed by atoms with Crippen LogP contribution in [0.15, 0.2) is 48.5 Å². The second-order valence-electron chi connectivity index (χ2n) is 6.24. The van der Waals surface area contributed by atoms with Crippen LogP contribution < -0.4 is 4.74 Å². The van der Waals surface area contributed by atoms with E-state index in [1.54, 1.807) is 43.2 Å². The summed E-state index contributed by atoms with van der Waals surface area (Å²) in [5, 5.41) is 9.65. The summed E-state index contributed by atoms with van der Waals surface area (Å²) < 4.78 is 5.15. The van der Waals surface area contributed by atoms with Crippen molar-refractivity contribution in [3.8, 4) is 5.75 Å². The minimum Gasteiger partial charge on any atom is -0.497 e. The van der Waals surface area contributed by atoms with E-state index in [1.807, 2.05) is 24.3 Å². The van der Waals surface area contributed by atoms with Crippen molar-refractivity contribution in [2.45, 2.75) is 25.3 Å². The third-order valence-electron chi connectivity index (χ3n) is 4.83. The molecule has 0 radical (unpaired) electrons. The average molecular weight is 339 g/mol. The summed E-state index contributed by atoms with van der Waals surface area (Å²) in [6.45, 7) is 2.28. The van der Waals surface area contributed by atoms with Crippen LogP contribution in [0, 0.1) is 0 Å². The molecule has 5 nitrogen and oxygen atoms in total. The summed E-state index contributed by atoms with van der Waals surface area (Å²) in [4.78, 5) is 26.3. The van der Waals surface area contributed by atoms with Gasteiger partial charge < -0.3 is 14.7 Å². The van der Waals surface area contributed by atoms with Gasteiger partial charge in [-0.25, -0.2) is 0 Å². The van der Waals surface area contributed by atoms with Crippen molar-refractivity contribution in [1.29, 1.82) is 0 Å². The molecule has 1 aliphatic heterocycles. The zero-order chi connectivity index (χ0) is 18.0. The Morgan fingerprint density at radius 2 is 1.84 bits per heavy atom. The van der Waals surface area contributed by atoms with E-state index in [4.69, 9.17) is 4.74 Å². The van der Waals surface area contributed by atoms with Gasteiger partial charge >= 0.3 is 5.97 Å². The van der Waals surface area contributed by atoms with Crippen molar-refractivity contribution >= 4 is 11.9 Å². The van der Waals surface area contributed by atoms with Crippen LogP contribution in [0.1, 0.15) is 34.3 Å². The number of benzene rings is 2. The molecule has 2 aromatic rings. The predicted octanol–water partition coefficient (Wildman–Crippen LogP) is 2.95. The van der Waals surface area contributed by atoms with Gasteiger partial charge in [0, 0.05) is 18.2 Å². The van der Waals surface area contributed by atoms with E-state index >= 15 is 0 Å². The quantitative estimate of drug-likeness (QED) is 0.909. The minimum absolute atomic E-state index is 0.103. The Bertz CT molecular complexity index is 785. The number of ether oxygens (including phenoxy) is 1. The Kier molecular flexibility index (Phi) is 4.74. The Hall–Kier alpha value is -2.82. The molecule has 2 unspecified atom stereocenters. The fraction of sp³-hybridized carbons (Fsp3) is 0.300. The molecule has 1 heterocycles. The standard InChI is InChI=1S/C20H21NO4/c1-13-18(20(23)24)16-5-3-4-6-17(16)19(22)21(13)12-11-14-7-9-15(25-2)10-8-14/h3-10,13,18H,11-12H2,1-2H3,(H,23,24). The van der Waals surface area contributed by atoms with Crippen LogP contribution >= 0.6 is 0 Å². The highest BCUT2D eigenvalue weighted by Crippen LogP contribution is 2.33. The van der Waals surface area contributed by atoms with Crippen molar-refractivity contribution in [2.75, 3.05) is 13.7 Å². The van der Waals surface area contributed by atoms with E-state index in [0.717, 1.165) is 11.3 Å². The van der Waals surface area contributed by atoms with Crippen molar-refractivity contribution in [3.63, 3.8) is 0 Å². The van der Waals surface area contributed by atoms with Gasteiger partial charge in [0.2, 0.25) is 0 Å². The molecule has 0 aromatic heterocycles. The van der Waals surface area contributed by atoms with Crippen LogP contribution in [-0.4, -0.2) is 41.6 Å². The summed E-state index contributed by atoms with van der Waals surface area (Å²) >= 11 is 0. The van der Waals surface area contributed by atoms with Crippen LogP contribution in [0.25, 0.3) is 0 Å². The largest absolute Gasteiger partial charge is 0.497 e. The zero-order valence-corrected chi connectivity index (χ0v) is 14.3. The summed E-state index contributed by atoms with van der Waals surface area (Å²) in [6.07, 6.45) is 0.661. The lowest BCUT2D eigenvalue weighted by atomic mass is 9.83. The Balaban J connectivity index is 1.83. The summed E-state index contributed by atoms with van der Waals surface area (Å²) in [5.74, 6) is -0.924. The number of rotatable bonds is 5. The maximum absolute atomic E-state index is 12.8. The van der Waals surface area contributed by atoms with Gasteiger partial charge in [-0.3, -0.25) is 9.59 Å². The fourth-order valence-corrected chi connectivity index (χ4v) is 3.43. The smallest absolute Gasteiger partial charge is 0.313 e. The van der Waals surface area contributed by atoms with Gasteiger partial charge in [-0.2, -0.15) is 0 Å². The summed E-state index contributed by atoms with van der Waals surface area (Å²) in [5.41, 5.74) is 2.17. The highest BCUT2D eigenvalue weighted by atomic mass is 16.5. The first-order chi connectivity index (χ1) is 12.0. The number of amides is 1. The minimum atomic E-state index is -0.901. The third kappa shape index (κ3) is 3.22. The lowest BCUT2D eigenvalue weighted by molar-refractivity contribution is -0.140. The van der Waals surface area contributed by atoms with Gasteiger partial charge in [0.1, 0.15) is 11.7 Å². The van der Waals surface area contributed by atoms with Gasteiger partial charge in [-0.15, -0.1) is 0 Å². The van der Waals surface area contributed by atoms with Crippen LogP contribution in [0.2, 0.25) is 0 Å². The van der Waals surface area contributed by atoms with Crippen LogP contribution in [0.4, 0.5) is 0 Å². The Labute approximate surface area is 146 Å². The fourth-order valence-electron chi connectivity index (χ4n) is 3.43. The van der Waals surface area contributed by atoms with E-state index in [2.05, 4.69) is 0 Å². The first-order valence-electron chi connectivity index (χ1n) is 8.28. The number of nitrogens with zero attached hydrogens (tertiary/aromatic N) is 1.